The Morgan fingerprint density at radius 3 is 2.53 bits per heavy atom. The van der Waals surface area contributed by atoms with Gasteiger partial charge in [-0.2, -0.15) is 0 Å². The van der Waals surface area contributed by atoms with Crippen LogP contribution in [0.2, 0.25) is 0 Å². The number of aryl methyl sites for hydroxylation is 1. The summed E-state index contributed by atoms with van der Waals surface area (Å²) in [5.74, 6) is -0.205. The fourth-order valence-electron chi connectivity index (χ4n) is 1.82. The first-order valence-electron chi connectivity index (χ1n) is 5.56. The van der Waals surface area contributed by atoms with Crippen LogP contribution in [0.4, 0.5) is 11.4 Å². The van der Waals surface area contributed by atoms with Gasteiger partial charge in [0, 0.05) is 11.8 Å². The van der Waals surface area contributed by atoms with Gasteiger partial charge in [-0.05, 0) is 36.8 Å². The molecule has 6 heteroatoms. The molecule has 1 heterocycles. The van der Waals surface area contributed by atoms with Gasteiger partial charge in [0.25, 0.3) is 5.56 Å². The van der Waals surface area contributed by atoms with Gasteiger partial charge in [-0.3, -0.25) is 9.59 Å². The van der Waals surface area contributed by atoms with Crippen molar-refractivity contribution in [1.29, 1.82) is 0 Å². The second-order valence-corrected chi connectivity index (χ2v) is 4.05. The van der Waals surface area contributed by atoms with Crippen LogP contribution in [-0.4, -0.2) is 16.1 Å². The molecule has 0 saturated carbocycles. The molecule has 1 amide bonds. The SMILES string of the molecule is Cc1cc(O)n(-c2ccc(N)cc2)c(=O)c1NC=O. The van der Waals surface area contributed by atoms with Crippen molar-refractivity contribution in [2.75, 3.05) is 11.1 Å². The first-order valence-corrected chi connectivity index (χ1v) is 5.56. The van der Waals surface area contributed by atoms with Crippen LogP contribution in [0.1, 0.15) is 5.56 Å². The van der Waals surface area contributed by atoms with Crippen molar-refractivity contribution in [3.05, 3.63) is 46.2 Å². The fraction of sp³-hybridized carbons (Fsp3) is 0.0769. The lowest BCUT2D eigenvalue weighted by molar-refractivity contribution is -0.105. The zero-order valence-corrected chi connectivity index (χ0v) is 10.3. The Morgan fingerprint density at radius 2 is 1.95 bits per heavy atom. The van der Waals surface area contributed by atoms with Crippen molar-refractivity contribution >= 4 is 17.8 Å². The molecule has 0 spiro atoms. The van der Waals surface area contributed by atoms with E-state index in [9.17, 15) is 14.7 Å². The van der Waals surface area contributed by atoms with E-state index >= 15 is 0 Å². The van der Waals surface area contributed by atoms with E-state index < -0.39 is 5.56 Å². The number of pyridine rings is 1. The Bertz CT molecular complexity index is 675. The highest BCUT2D eigenvalue weighted by atomic mass is 16.3. The number of nitrogens with zero attached hydrogens (tertiary/aromatic N) is 1. The largest absolute Gasteiger partial charge is 0.494 e. The lowest BCUT2D eigenvalue weighted by atomic mass is 10.2. The quantitative estimate of drug-likeness (QED) is 0.566. The molecule has 0 aliphatic rings. The summed E-state index contributed by atoms with van der Waals surface area (Å²) in [6.07, 6.45) is 0.425. The highest BCUT2D eigenvalue weighted by molar-refractivity contribution is 5.73. The van der Waals surface area contributed by atoms with Crippen molar-refractivity contribution in [2.45, 2.75) is 6.92 Å². The summed E-state index contributed by atoms with van der Waals surface area (Å²) in [4.78, 5) is 22.8. The van der Waals surface area contributed by atoms with E-state index in [2.05, 4.69) is 5.32 Å². The number of hydrogen-bond donors (Lipinski definition) is 3. The molecule has 0 aliphatic heterocycles. The summed E-state index contributed by atoms with van der Waals surface area (Å²) in [6.45, 7) is 1.63. The molecule has 0 aliphatic carbocycles. The summed E-state index contributed by atoms with van der Waals surface area (Å²) in [5.41, 5.74) is 6.70. The van der Waals surface area contributed by atoms with Crippen LogP contribution < -0.4 is 16.6 Å². The van der Waals surface area contributed by atoms with E-state index in [0.717, 1.165) is 4.57 Å². The van der Waals surface area contributed by atoms with Crippen molar-refractivity contribution in [3.8, 4) is 11.6 Å². The molecular weight excluding hydrogens is 246 g/mol. The van der Waals surface area contributed by atoms with Crippen molar-refractivity contribution in [2.24, 2.45) is 0 Å². The standard InChI is InChI=1S/C13H13N3O3/c1-8-6-11(18)16(13(19)12(8)15-7-17)10-4-2-9(14)3-5-10/h2-7,18H,14H2,1H3,(H,15,17). The molecule has 6 nitrogen and oxygen atoms in total. The molecule has 98 valence electrons. The van der Waals surface area contributed by atoms with Gasteiger partial charge in [-0.15, -0.1) is 0 Å². The number of nitrogens with one attached hydrogen (secondary N) is 1. The van der Waals surface area contributed by atoms with Gasteiger partial charge in [0.15, 0.2) is 5.88 Å². The molecule has 0 fully saturated rings. The van der Waals surface area contributed by atoms with E-state index in [0.29, 0.717) is 23.3 Å². The highest BCUT2D eigenvalue weighted by Crippen LogP contribution is 2.20. The van der Waals surface area contributed by atoms with Crippen LogP contribution in [0.5, 0.6) is 5.88 Å². The Hall–Kier alpha value is -2.76. The minimum atomic E-state index is -0.505. The first kappa shape index (κ1) is 12.7. The molecular formula is C13H13N3O3. The molecule has 0 saturated heterocycles. The first-order chi connectivity index (χ1) is 9.04. The molecule has 1 aromatic heterocycles. The predicted molar refractivity (Wildman–Crippen MR) is 72.5 cm³/mol. The van der Waals surface area contributed by atoms with Crippen LogP contribution in [-0.2, 0) is 4.79 Å². The number of hydrogen-bond acceptors (Lipinski definition) is 4. The Kier molecular flexibility index (Phi) is 3.24. The molecule has 0 unspecified atom stereocenters. The third-order valence-corrected chi connectivity index (χ3v) is 2.74. The van der Waals surface area contributed by atoms with Crippen molar-refractivity contribution in [1.82, 2.24) is 4.57 Å². The number of nitrogens with two attached hydrogens (primary N) is 1. The van der Waals surface area contributed by atoms with Gasteiger partial charge in [0.1, 0.15) is 5.69 Å². The molecule has 0 radical (unpaired) electrons. The number of rotatable bonds is 3. The van der Waals surface area contributed by atoms with Gasteiger partial charge >= 0.3 is 0 Å². The van der Waals surface area contributed by atoms with Crippen molar-refractivity contribution < 1.29 is 9.90 Å². The number of carbonyl (C=O) groups is 1. The lowest BCUT2D eigenvalue weighted by Crippen LogP contribution is -2.23. The maximum absolute atomic E-state index is 12.2. The van der Waals surface area contributed by atoms with Crippen LogP contribution in [0.25, 0.3) is 5.69 Å². The van der Waals surface area contributed by atoms with E-state index in [1.807, 2.05) is 0 Å². The second kappa shape index (κ2) is 4.85. The number of amides is 1. The van der Waals surface area contributed by atoms with Gasteiger partial charge in [0.05, 0.1) is 5.69 Å². The average Bonchev–Trinajstić information content (AvgIpc) is 2.36. The number of benzene rings is 1. The van der Waals surface area contributed by atoms with E-state index in [1.165, 1.54) is 6.07 Å². The van der Waals surface area contributed by atoms with Gasteiger partial charge < -0.3 is 16.2 Å². The molecule has 0 bridgehead atoms. The van der Waals surface area contributed by atoms with E-state index in [4.69, 9.17) is 5.73 Å². The summed E-state index contributed by atoms with van der Waals surface area (Å²) in [5, 5.41) is 12.2. The zero-order chi connectivity index (χ0) is 14.0. The minimum Gasteiger partial charge on any atom is -0.494 e. The second-order valence-electron chi connectivity index (χ2n) is 4.05. The van der Waals surface area contributed by atoms with Gasteiger partial charge in [-0.25, -0.2) is 4.57 Å². The Balaban J connectivity index is 2.69. The topological polar surface area (TPSA) is 97.3 Å². The monoisotopic (exact) mass is 259 g/mol. The van der Waals surface area contributed by atoms with Crippen molar-refractivity contribution in [3.63, 3.8) is 0 Å². The van der Waals surface area contributed by atoms with Crippen LogP contribution in [0.15, 0.2) is 35.1 Å². The van der Waals surface area contributed by atoms with Crippen LogP contribution in [0.3, 0.4) is 0 Å². The lowest BCUT2D eigenvalue weighted by Gasteiger charge is -2.12. The minimum absolute atomic E-state index is 0.129. The highest BCUT2D eigenvalue weighted by Gasteiger charge is 2.12. The number of anilines is 2. The van der Waals surface area contributed by atoms with Gasteiger partial charge in [-0.1, -0.05) is 0 Å². The Labute approximate surface area is 109 Å². The molecule has 2 aromatic rings. The molecule has 2 rings (SSSR count). The normalized spacial score (nSPS) is 10.2. The third kappa shape index (κ3) is 2.28. The third-order valence-electron chi connectivity index (χ3n) is 2.74. The Morgan fingerprint density at radius 1 is 1.32 bits per heavy atom. The zero-order valence-electron chi connectivity index (χ0n) is 10.3. The number of aromatic nitrogens is 1. The smallest absolute Gasteiger partial charge is 0.281 e. The molecule has 19 heavy (non-hydrogen) atoms. The maximum Gasteiger partial charge on any atom is 0.281 e. The summed E-state index contributed by atoms with van der Waals surface area (Å²) in [7, 11) is 0. The molecule has 4 N–H and O–H groups in total. The number of carbonyl (C=O) groups excluding carboxylic acids is 1. The number of nitrogen functional groups attached to an aromatic ring is 1. The fourth-order valence-corrected chi connectivity index (χ4v) is 1.82. The average molecular weight is 259 g/mol. The molecule has 0 atom stereocenters. The predicted octanol–water partition coefficient (Wildman–Crippen LogP) is 1.00. The molecule has 1 aromatic carbocycles. The number of aromatic hydroxyl groups is 1. The summed E-state index contributed by atoms with van der Waals surface area (Å²) in [6, 6.07) is 7.86. The summed E-state index contributed by atoms with van der Waals surface area (Å²) < 4.78 is 1.10. The van der Waals surface area contributed by atoms with Crippen LogP contribution in [0, 0.1) is 6.92 Å². The van der Waals surface area contributed by atoms with Crippen LogP contribution >= 0.6 is 0 Å². The summed E-state index contributed by atoms with van der Waals surface area (Å²) >= 11 is 0. The van der Waals surface area contributed by atoms with E-state index in [1.54, 1.807) is 31.2 Å². The van der Waals surface area contributed by atoms with E-state index in [-0.39, 0.29) is 11.6 Å². The maximum atomic E-state index is 12.2. The van der Waals surface area contributed by atoms with Gasteiger partial charge in [0.2, 0.25) is 6.41 Å².